The first kappa shape index (κ1) is 16.6. The van der Waals surface area contributed by atoms with Crippen molar-refractivity contribution in [2.24, 2.45) is 0 Å². The molecule has 112 valence electrons. The van der Waals surface area contributed by atoms with Crippen LogP contribution in [0.2, 0.25) is 0 Å². The molecule has 0 amide bonds. The third-order valence-corrected chi connectivity index (χ3v) is 4.36. The summed E-state index contributed by atoms with van der Waals surface area (Å²) in [6.45, 7) is 3.57. The van der Waals surface area contributed by atoms with Crippen molar-refractivity contribution in [2.75, 3.05) is 6.61 Å². The second kappa shape index (κ2) is 6.83. The minimum absolute atomic E-state index is 0.00564. The lowest BCUT2D eigenvalue weighted by Crippen LogP contribution is -2.41. The second-order valence-electron chi connectivity index (χ2n) is 4.75. The van der Waals surface area contributed by atoms with E-state index in [1.54, 1.807) is 12.1 Å². The molecule has 20 heavy (non-hydrogen) atoms. The van der Waals surface area contributed by atoms with Crippen LogP contribution in [-0.4, -0.2) is 37.2 Å². The van der Waals surface area contributed by atoms with Crippen LogP contribution in [0.25, 0.3) is 0 Å². The van der Waals surface area contributed by atoms with Gasteiger partial charge in [-0.05, 0) is 30.0 Å². The van der Waals surface area contributed by atoms with Gasteiger partial charge in [-0.2, -0.15) is 4.72 Å². The summed E-state index contributed by atoms with van der Waals surface area (Å²) in [5.74, 6) is -1.04. The molecule has 0 aliphatic rings. The van der Waals surface area contributed by atoms with Crippen molar-refractivity contribution in [1.82, 2.24) is 4.72 Å². The maximum absolute atomic E-state index is 12.0. The third-order valence-electron chi connectivity index (χ3n) is 2.87. The molecule has 7 heteroatoms. The van der Waals surface area contributed by atoms with Gasteiger partial charge in [-0.25, -0.2) is 8.42 Å². The summed E-state index contributed by atoms with van der Waals surface area (Å²) < 4.78 is 26.2. The zero-order valence-electron chi connectivity index (χ0n) is 11.4. The Morgan fingerprint density at radius 3 is 2.20 bits per heavy atom. The fourth-order valence-corrected chi connectivity index (χ4v) is 2.87. The first-order chi connectivity index (χ1) is 9.27. The summed E-state index contributed by atoms with van der Waals surface area (Å²) in [5.41, 5.74) is 0.995. The number of sulfonamides is 1. The quantitative estimate of drug-likeness (QED) is 0.695. The van der Waals surface area contributed by atoms with E-state index < -0.39 is 28.6 Å². The first-order valence-corrected chi connectivity index (χ1v) is 7.72. The number of carboxylic acids is 1. The lowest BCUT2D eigenvalue weighted by Gasteiger charge is -2.14. The van der Waals surface area contributed by atoms with Crippen molar-refractivity contribution in [3.63, 3.8) is 0 Å². The number of hydrogen-bond acceptors (Lipinski definition) is 4. The standard InChI is InChI=1S/C13H19NO5S/c1-9(2)10-3-5-11(6-4-10)20(18,19)14-12(7-8-15)13(16)17/h3-6,9,12,14-15H,7-8H2,1-2H3,(H,16,17). The summed E-state index contributed by atoms with van der Waals surface area (Å²) in [7, 11) is -3.91. The Bertz CT molecular complexity index is 551. The Morgan fingerprint density at radius 1 is 1.25 bits per heavy atom. The Balaban J connectivity index is 2.95. The first-order valence-electron chi connectivity index (χ1n) is 6.24. The molecule has 0 spiro atoms. The van der Waals surface area contributed by atoms with Gasteiger partial charge in [-0.15, -0.1) is 0 Å². The van der Waals surface area contributed by atoms with Gasteiger partial charge in [0.1, 0.15) is 6.04 Å². The molecule has 0 aliphatic carbocycles. The molecule has 0 bridgehead atoms. The molecule has 1 aromatic carbocycles. The van der Waals surface area contributed by atoms with Crippen molar-refractivity contribution < 1.29 is 23.4 Å². The van der Waals surface area contributed by atoms with E-state index in [1.807, 2.05) is 13.8 Å². The van der Waals surface area contributed by atoms with Crippen LogP contribution in [-0.2, 0) is 14.8 Å². The van der Waals surface area contributed by atoms with E-state index in [-0.39, 0.29) is 17.2 Å². The summed E-state index contributed by atoms with van der Waals surface area (Å²) >= 11 is 0. The summed E-state index contributed by atoms with van der Waals surface area (Å²) in [6, 6.07) is 4.93. The number of carboxylic acid groups (broad SMARTS) is 1. The molecule has 6 nitrogen and oxygen atoms in total. The van der Waals surface area contributed by atoms with Gasteiger partial charge < -0.3 is 10.2 Å². The molecule has 1 rings (SSSR count). The van der Waals surface area contributed by atoms with Gasteiger partial charge >= 0.3 is 5.97 Å². The minimum Gasteiger partial charge on any atom is -0.480 e. The zero-order chi connectivity index (χ0) is 15.3. The second-order valence-corrected chi connectivity index (χ2v) is 6.46. The van der Waals surface area contributed by atoms with E-state index in [0.717, 1.165) is 5.56 Å². The van der Waals surface area contributed by atoms with Crippen LogP contribution in [0.5, 0.6) is 0 Å². The van der Waals surface area contributed by atoms with E-state index >= 15 is 0 Å². The number of aliphatic hydroxyl groups excluding tert-OH is 1. The number of hydrogen-bond donors (Lipinski definition) is 3. The predicted octanol–water partition coefficient (Wildman–Crippen LogP) is 0.924. The fraction of sp³-hybridized carbons (Fsp3) is 0.462. The van der Waals surface area contributed by atoms with Gasteiger partial charge in [-0.3, -0.25) is 4.79 Å². The van der Waals surface area contributed by atoms with Crippen molar-refractivity contribution in [2.45, 2.75) is 37.1 Å². The Kier molecular flexibility index (Phi) is 5.67. The van der Waals surface area contributed by atoms with Crippen LogP contribution < -0.4 is 4.72 Å². The molecule has 0 saturated heterocycles. The highest BCUT2D eigenvalue weighted by Crippen LogP contribution is 2.17. The van der Waals surface area contributed by atoms with Gasteiger partial charge in [0.15, 0.2) is 0 Å². The van der Waals surface area contributed by atoms with Crippen molar-refractivity contribution >= 4 is 16.0 Å². The molecule has 0 radical (unpaired) electrons. The van der Waals surface area contributed by atoms with Crippen LogP contribution in [0.1, 0.15) is 31.7 Å². The normalized spacial score (nSPS) is 13.4. The molecule has 3 N–H and O–H groups in total. The molecule has 1 atom stereocenters. The highest BCUT2D eigenvalue weighted by Gasteiger charge is 2.24. The zero-order valence-corrected chi connectivity index (χ0v) is 12.2. The fourth-order valence-electron chi connectivity index (χ4n) is 1.65. The third kappa shape index (κ3) is 4.29. The van der Waals surface area contributed by atoms with E-state index in [1.165, 1.54) is 12.1 Å². The monoisotopic (exact) mass is 301 g/mol. The Labute approximate surface area is 118 Å². The topological polar surface area (TPSA) is 104 Å². The van der Waals surface area contributed by atoms with Crippen LogP contribution in [0.3, 0.4) is 0 Å². The van der Waals surface area contributed by atoms with Crippen LogP contribution in [0.4, 0.5) is 0 Å². The lowest BCUT2D eigenvalue weighted by atomic mass is 10.0. The minimum atomic E-state index is -3.91. The number of nitrogens with one attached hydrogen (secondary N) is 1. The van der Waals surface area contributed by atoms with Crippen molar-refractivity contribution in [3.8, 4) is 0 Å². The Morgan fingerprint density at radius 2 is 1.80 bits per heavy atom. The molecule has 0 heterocycles. The van der Waals surface area contributed by atoms with Gasteiger partial charge in [0, 0.05) is 6.61 Å². The van der Waals surface area contributed by atoms with Crippen LogP contribution in [0.15, 0.2) is 29.2 Å². The number of rotatable bonds is 7. The molecule has 0 fully saturated rings. The average Bonchev–Trinajstić information content (AvgIpc) is 2.38. The number of carbonyl (C=O) groups is 1. The molecule has 0 aliphatic heterocycles. The smallest absolute Gasteiger partial charge is 0.321 e. The predicted molar refractivity (Wildman–Crippen MR) is 74.0 cm³/mol. The largest absolute Gasteiger partial charge is 0.480 e. The average molecular weight is 301 g/mol. The van der Waals surface area contributed by atoms with Crippen LogP contribution in [0, 0.1) is 0 Å². The molecule has 0 saturated carbocycles. The summed E-state index contributed by atoms with van der Waals surface area (Å²) in [5, 5.41) is 17.6. The van der Waals surface area contributed by atoms with Crippen molar-refractivity contribution in [3.05, 3.63) is 29.8 Å². The number of aliphatic carboxylic acids is 1. The lowest BCUT2D eigenvalue weighted by molar-refractivity contribution is -0.139. The molecular weight excluding hydrogens is 282 g/mol. The molecule has 1 unspecified atom stereocenters. The molecular formula is C13H19NO5S. The van der Waals surface area contributed by atoms with Gasteiger partial charge in [0.2, 0.25) is 10.0 Å². The van der Waals surface area contributed by atoms with Crippen LogP contribution >= 0.6 is 0 Å². The highest BCUT2D eigenvalue weighted by molar-refractivity contribution is 7.89. The van der Waals surface area contributed by atoms with E-state index in [4.69, 9.17) is 10.2 Å². The van der Waals surface area contributed by atoms with Gasteiger partial charge in [0.05, 0.1) is 4.90 Å². The number of aliphatic hydroxyl groups is 1. The summed E-state index contributed by atoms with van der Waals surface area (Å²) in [4.78, 5) is 10.9. The van der Waals surface area contributed by atoms with Crippen molar-refractivity contribution in [1.29, 1.82) is 0 Å². The van der Waals surface area contributed by atoms with E-state index in [9.17, 15) is 13.2 Å². The van der Waals surface area contributed by atoms with Gasteiger partial charge in [-0.1, -0.05) is 26.0 Å². The molecule has 0 aromatic heterocycles. The summed E-state index contributed by atoms with van der Waals surface area (Å²) in [6.07, 6.45) is -0.182. The molecule has 1 aromatic rings. The maximum atomic E-state index is 12.0. The van der Waals surface area contributed by atoms with E-state index in [0.29, 0.717) is 0 Å². The van der Waals surface area contributed by atoms with E-state index in [2.05, 4.69) is 4.72 Å². The number of benzene rings is 1. The highest BCUT2D eigenvalue weighted by atomic mass is 32.2. The SMILES string of the molecule is CC(C)c1ccc(S(=O)(=O)NC(CCO)C(=O)O)cc1. The van der Waals surface area contributed by atoms with Gasteiger partial charge in [0.25, 0.3) is 0 Å². The maximum Gasteiger partial charge on any atom is 0.321 e. The Hall–Kier alpha value is -1.44.